The number of rotatable bonds is 11. The van der Waals surface area contributed by atoms with Crippen LogP contribution in [0.2, 0.25) is 0 Å². The molecule has 256 valence electrons. The van der Waals surface area contributed by atoms with Crippen molar-refractivity contribution in [2.45, 2.75) is 123 Å². The van der Waals surface area contributed by atoms with Crippen LogP contribution in [0.3, 0.4) is 0 Å². The van der Waals surface area contributed by atoms with E-state index in [0.717, 1.165) is 54.8 Å². The van der Waals surface area contributed by atoms with E-state index in [2.05, 4.69) is 34.6 Å². The summed E-state index contributed by atoms with van der Waals surface area (Å²) < 4.78 is 99.0. The number of halogens is 4. The minimum absolute atomic E-state index is 0.0373. The van der Waals surface area contributed by atoms with Crippen LogP contribution in [0.5, 0.6) is 5.75 Å². The topological polar surface area (TPSA) is 72.8 Å². The van der Waals surface area contributed by atoms with Gasteiger partial charge in [-0.15, -0.1) is 0 Å². The number of benzene rings is 1. The van der Waals surface area contributed by atoms with Crippen LogP contribution in [0, 0.1) is 75.5 Å². The third kappa shape index (κ3) is 6.55. The molecule has 0 saturated heterocycles. The fraction of sp³-hybridized carbons (Fsp3) is 0.829. The van der Waals surface area contributed by atoms with Crippen molar-refractivity contribution < 1.29 is 40.0 Å². The zero-order valence-electron chi connectivity index (χ0n) is 27.5. The van der Waals surface area contributed by atoms with Crippen LogP contribution in [0.1, 0.15) is 112 Å². The first kappa shape index (κ1) is 34.9. The summed E-state index contributed by atoms with van der Waals surface area (Å²) in [6, 6.07) is 0. The highest BCUT2D eigenvalue weighted by Gasteiger charge is 2.60. The van der Waals surface area contributed by atoms with E-state index < -0.39 is 44.0 Å². The maximum absolute atomic E-state index is 14.3. The second-order valence-electron chi connectivity index (χ2n) is 15.7. The molecular formula is C35H52F4O5S. The Balaban J connectivity index is 1.15. The molecule has 4 aliphatic rings. The minimum Gasteiger partial charge on any atom is -0.485 e. The molecule has 9 atom stereocenters. The van der Waals surface area contributed by atoms with E-state index in [9.17, 15) is 26.0 Å². The smallest absolute Gasteiger partial charge is 0.300 e. The van der Waals surface area contributed by atoms with Crippen molar-refractivity contribution in [1.82, 2.24) is 0 Å². The number of fused-ring (bicyclic) bond motifs is 5. The molecule has 6 unspecified atom stereocenters. The van der Waals surface area contributed by atoms with Crippen LogP contribution in [0.15, 0.2) is 4.90 Å². The van der Waals surface area contributed by atoms with E-state index in [0.29, 0.717) is 11.3 Å². The lowest BCUT2D eigenvalue weighted by molar-refractivity contribution is -0.137. The molecule has 4 fully saturated rings. The van der Waals surface area contributed by atoms with Crippen molar-refractivity contribution in [3.63, 3.8) is 0 Å². The Hall–Kier alpha value is -1.39. The van der Waals surface area contributed by atoms with E-state index in [1.807, 2.05) is 0 Å². The molecule has 0 heterocycles. The van der Waals surface area contributed by atoms with Crippen LogP contribution in [0.4, 0.5) is 17.6 Å². The molecule has 0 aromatic heterocycles. The summed E-state index contributed by atoms with van der Waals surface area (Å²) in [7, 11) is -5.52. The van der Waals surface area contributed by atoms with Gasteiger partial charge in [0, 0.05) is 0 Å². The second kappa shape index (κ2) is 13.3. The molecule has 1 aromatic rings. The molecule has 4 saturated carbocycles. The lowest BCUT2D eigenvalue weighted by Crippen LogP contribution is -2.54. The molecule has 0 spiro atoms. The van der Waals surface area contributed by atoms with Crippen molar-refractivity contribution in [2.24, 2.45) is 52.3 Å². The quantitative estimate of drug-likeness (QED) is 0.111. The van der Waals surface area contributed by atoms with Gasteiger partial charge in [-0.2, -0.15) is 17.2 Å². The molecule has 5 rings (SSSR count). The van der Waals surface area contributed by atoms with E-state index in [1.54, 1.807) is 0 Å². The third-order valence-corrected chi connectivity index (χ3v) is 13.8. The van der Waals surface area contributed by atoms with Gasteiger partial charge < -0.3 is 9.47 Å². The molecule has 0 bridgehead atoms. The van der Waals surface area contributed by atoms with Gasteiger partial charge in [-0.3, -0.25) is 4.55 Å². The summed E-state index contributed by atoms with van der Waals surface area (Å²) in [5.74, 6) is -4.60. The molecule has 0 radical (unpaired) electrons. The molecule has 0 amide bonds. The van der Waals surface area contributed by atoms with Crippen molar-refractivity contribution in [3.8, 4) is 5.75 Å². The SMILES string of the molecule is CC(C)CCCC(C)C1CCC2C3CCC4C[C@@H](OCCOc5c(F)c(F)c(S(=O)(=O)O)c(F)c5F)CC[C@]4(C)C3CC[C@]12C. The first-order chi connectivity index (χ1) is 21.1. The second-order valence-corrected chi connectivity index (χ2v) is 17.1. The number of hydrogen-bond acceptors (Lipinski definition) is 4. The van der Waals surface area contributed by atoms with Gasteiger partial charge in [-0.25, -0.2) is 8.78 Å². The fourth-order valence-corrected chi connectivity index (χ4v) is 11.3. The molecule has 0 aliphatic heterocycles. The Labute approximate surface area is 267 Å². The Morgan fingerprint density at radius 2 is 1.47 bits per heavy atom. The van der Waals surface area contributed by atoms with Crippen molar-refractivity contribution in [3.05, 3.63) is 23.3 Å². The van der Waals surface area contributed by atoms with Crippen LogP contribution in [-0.2, 0) is 14.9 Å². The highest BCUT2D eigenvalue weighted by molar-refractivity contribution is 7.85. The average molecular weight is 661 g/mol. The van der Waals surface area contributed by atoms with Crippen LogP contribution < -0.4 is 4.74 Å². The van der Waals surface area contributed by atoms with Gasteiger partial charge in [-0.1, -0.05) is 53.9 Å². The van der Waals surface area contributed by atoms with Crippen LogP contribution in [-0.4, -0.2) is 32.3 Å². The monoisotopic (exact) mass is 660 g/mol. The summed E-state index contributed by atoms with van der Waals surface area (Å²) >= 11 is 0. The normalized spacial score (nSPS) is 35.5. The van der Waals surface area contributed by atoms with Crippen LogP contribution >= 0.6 is 0 Å². The average Bonchev–Trinajstić information content (AvgIpc) is 3.32. The van der Waals surface area contributed by atoms with E-state index in [1.165, 1.54) is 57.8 Å². The molecule has 10 heteroatoms. The summed E-state index contributed by atoms with van der Waals surface area (Å²) in [6.45, 7) is 11.9. The first-order valence-electron chi connectivity index (χ1n) is 17.2. The largest absolute Gasteiger partial charge is 0.485 e. The summed E-state index contributed by atoms with van der Waals surface area (Å²) in [4.78, 5) is -2.08. The van der Waals surface area contributed by atoms with Crippen LogP contribution in [0.25, 0.3) is 0 Å². The van der Waals surface area contributed by atoms with Gasteiger partial charge in [0.15, 0.2) is 22.3 Å². The molecule has 5 nitrogen and oxygen atoms in total. The molecule has 4 aliphatic carbocycles. The molecule has 1 N–H and O–H groups in total. The molecular weight excluding hydrogens is 608 g/mol. The van der Waals surface area contributed by atoms with Gasteiger partial charge in [0.25, 0.3) is 0 Å². The maximum atomic E-state index is 14.3. The Kier molecular flexibility index (Phi) is 10.3. The number of ether oxygens (including phenoxy) is 2. The first-order valence-corrected chi connectivity index (χ1v) is 18.6. The predicted octanol–water partition coefficient (Wildman–Crippen LogP) is 9.38. The van der Waals surface area contributed by atoms with E-state index >= 15 is 0 Å². The summed E-state index contributed by atoms with van der Waals surface area (Å²) in [5, 5.41) is 0. The lowest BCUT2D eigenvalue weighted by Gasteiger charge is -2.61. The van der Waals surface area contributed by atoms with Crippen molar-refractivity contribution >= 4 is 10.1 Å². The fourth-order valence-electron chi connectivity index (χ4n) is 10.7. The highest BCUT2D eigenvalue weighted by Crippen LogP contribution is 2.68. The Bertz CT molecular complexity index is 1310. The minimum atomic E-state index is -5.52. The van der Waals surface area contributed by atoms with Gasteiger partial charge in [0.1, 0.15) is 6.61 Å². The Morgan fingerprint density at radius 1 is 0.822 bits per heavy atom. The highest BCUT2D eigenvalue weighted by atomic mass is 32.2. The van der Waals surface area contributed by atoms with Gasteiger partial charge in [0.05, 0.1) is 12.7 Å². The predicted molar refractivity (Wildman–Crippen MR) is 164 cm³/mol. The van der Waals surface area contributed by atoms with E-state index in [4.69, 9.17) is 14.0 Å². The maximum Gasteiger partial charge on any atom is 0.300 e. The standard InChI is InChI=1S/C35H52F4O5S/c1-20(2)7-6-8-21(3)25-11-12-26-24-10-9-22-19-23(13-15-34(22,4)27(24)14-16-35(25,26)5)43-17-18-44-32-28(36)30(38)33(45(40,41)42)31(39)29(32)37/h20-27H,6-19H2,1-5H3,(H,40,41,42)/t21?,22?,23-,24?,25?,26?,27?,34-,35+/m0/s1. The molecule has 1 aromatic carbocycles. The third-order valence-electron chi connectivity index (χ3n) is 12.9. The van der Waals surface area contributed by atoms with Gasteiger partial charge >= 0.3 is 10.1 Å². The lowest BCUT2D eigenvalue weighted by atomic mass is 9.44. The zero-order valence-corrected chi connectivity index (χ0v) is 28.3. The summed E-state index contributed by atoms with van der Waals surface area (Å²) in [6.07, 6.45) is 14.7. The Morgan fingerprint density at radius 3 is 2.11 bits per heavy atom. The van der Waals surface area contributed by atoms with E-state index in [-0.39, 0.29) is 24.7 Å². The molecule has 45 heavy (non-hydrogen) atoms. The zero-order chi connectivity index (χ0) is 32.9. The van der Waals surface area contributed by atoms with Crippen molar-refractivity contribution in [2.75, 3.05) is 13.2 Å². The van der Waals surface area contributed by atoms with Crippen molar-refractivity contribution in [1.29, 1.82) is 0 Å². The summed E-state index contributed by atoms with van der Waals surface area (Å²) in [5.41, 5.74) is 0.733. The van der Waals surface area contributed by atoms with Gasteiger partial charge in [-0.05, 0) is 110 Å². The van der Waals surface area contributed by atoms with Gasteiger partial charge in [0.2, 0.25) is 11.6 Å². The number of hydrogen-bond donors (Lipinski definition) is 1.